The Labute approximate surface area is 153 Å². The fraction of sp³-hybridized carbons (Fsp3) is 0.412. The third-order valence-corrected chi connectivity index (χ3v) is 4.34. The predicted octanol–water partition coefficient (Wildman–Crippen LogP) is 2.64. The second kappa shape index (κ2) is 7.20. The van der Waals surface area contributed by atoms with E-state index in [1.165, 1.54) is 24.0 Å². The van der Waals surface area contributed by atoms with E-state index in [0.29, 0.717) is 11.5 Å². The molecule has 3 N–H and O–H groups in total. The van der Waals surface area contributed by atoms with Gasteiger partial charge in [0.2, 0.25) is 5.60 Å². The van der Waals surface area contributed by atoms with Gasteiger partial charge in [0.15, 0.2) is 5.76 Å². The summed E-state index contributed by atoms with van der Waals surface area (Å²) in [5, 5.41) is 20.0. The molecule has 0 aromatic carbocycles. The first-order valence-electron chi connectivity index (χ1n) is 8.29. The summed E-state index contributed by atoms with van der Waals surface area (Å²) in [6.07, 6.45) is -1.26. The molecule has 0 aliphatic carbocycles. The first-order valence-corrected chi connectivity index (χ1v) is 8.29. The Morgan fingerprint density at radius 3 is 2.70 bits per heavy atom. The Kier molecular flexibility index (Phi) is 5.11. The maximum Gasteiger partial charge on any atom is 0.424 e. The van der Waals surface area contributed by atoms with Gasteiger partial charge in [-0.15, -0.1) is 0 Å². The van der Waals surface area contributed by atoms with Crippen molar-refractivity contribution in [2.24, 2.45) is 7.05 Å². The topological polar surface area (TPSA) is 91.9 Å². The van der Waals surface area contributed by atoms with Crippen LogP contribution in [0, 0.1) is 6.92 Å². The lowest BCUT2D eigenvalue weighted by Gasteiger charge is -2.30. The molecule has 7 nitrogen and oxygen atoms in total. The van der Waals surface area contributed by atoms with Gasteiger partial charge in [0.25, 0.3) is 0 Å². The Balaban J connectivity index is 1.66. The van der Waals surface area contributed by atoms with Gasteiger partial charge in [0.05, 0.1) is 6.20 Å². The van der Waals surface area contributed by atoms with Gasteiger partial charge in [-0.1, -0.05) is 0 Å². The lowest BCUT2D eigenvalue weighted by Crippen LogP contribution is -2.46. The molecule has 0 bridgehead atoms. The Bertz CT molecular complexity index is 898. The quantitative estimate of drug-likeness (QED) is 0.546. The smallest absolute Gasteiger partial charge is 0.424 e. The second-order valence-electron chi connectivity index (χ2n) is 6.33. The summed E-state index contributed by atoms with van der Waals surface area (Å²) in [5.74, 6) is 0.900. The van der Waals surface area contributed by atoms with Crippen LogP contribution in [0.25, 0.3) is 11.5 Å². The van der Waals surface area contributed by atoms with Crippen LogP contribution in [-0.2, 0) is 19.2 Å². The van der Waals surface area contributed by atoms with Crippen LogP contribution >= 0.6 is 0 Å². The number of alkyl halides is 3. The standard InChI is InChI=1S/C17H20F3N5O2/c1-11-3-4-13(27-11)14-12(10-23-24-14)9-21-6-5-16(26,17(18,19)20)15-22-7-8-25(15)2/h3-4,7-8,10,21,26H,5-6,9H2,1-2H3,(H,23,24). The fourth-order valence-corrected chi connectivity index (χ4v) is 2.86. The molecule has 1 unspecified atom stereocenters. The van der Waals surface area contributed by atoms with E-state index in [-0.39, 0.29) is 13.1 Å². The van der Waals surface area contributed by atoms with E-state index in [4.69, 9.17) is 4.42 Å². The normalized spacial score (nSPS) is 14.4. The molecular formula is C17H20F3N5O2. The molecule has 10 heteroatoms. The molecule has 27 heavy (non-hydrogen) atoms. The molecular weight excluding hydrogens is 363 g/mol. The lowest BCUT2D eigenvalue weighted by atomic mass is 9.97. The molecule has 0 radical (unpaired) electrons. The van der Waals surface area contributed by atoms with Crippen molar-refractivity contribution in [3.8, 4) is 11.5 Å². The Morgan fingerprint density at radius 1 is 1.33 bits per heavy atom. The molecule has 0 amide bonds. The van der Waals surface area contributed by atoms with Crippen LogP contribution in [-0.4, -0.2) is 37.6 Å². The highest BCUT2D eigenvalue weighted by atomic mass is 19.4. The van der Waals surface area contributed by atoms with Gasteiger partial charge in [0, 0.05) is 38.0 Å². The maximum absolute atomic E-state index is 13.5. The predicted molar refractivity (Wildman–Crippen MR) is 90.5 cm³/mol. The number of aromatic nitrogens is 4. The summed E-state index contributed by atoms with van der Waals surface area (Å²) in [5.41, 5.74) is -1.63. The zero-order valence-corrected chi connectivity index (χ0v) is 14.8. The van der Waals surface area contributed by atoms with Crippen molar-refractivity contribution in [1.82, 2.24) is 25.1 Å². The van der Waals surface area contributed by atoms with Crippen LogP contribution in [0.1, 0.15) is 23.6 Å². The van der Waals surface area contributed by atoms with Crippen LogP contribution in [0.5, 0.6) is 0 Å². The summed E-state index contributed by atoms with van der Waals surface area (Å²) in [4.78, 5) is 3.68. The van der Waals surface area contributed by atoms with Crippen molar-refractivity contribution in [2.75, 3.05) is 6.54 Å². The highest BCUT2D eigenvalue weighted by Gasteiger charge is 2.56. The number of imidazole rings is 1. The molecule has 3 aromatic heterocycles. The molecule has 146 valence electrons. The minimum atomic E-state index is -4.85. The number of halogens is 3. The lowest BCUT2D eigenvalue weighted by molar-refractivity contribution is -0.272. The van der Waals surface area contributed by atoms with Gasteiger partial charge in [-0.25, -0.2) is 4.98 Å². The van der Waals surface area contributed by atoms with Crippen molar-refractivity contribution in [3.63, 3.8) is 0 Å². The monoisotopic (exact) mass is 383 g/mol. The second-order valence-corrected chi connectivity index (χ2v) is 6.33. The first-order chi connectivity index (χ1) is 12.7. The molecule has 0 spiro atoms. The Morgan fingerprint density at radius 2 is 2.11 bits per heavy atom. The zero-order chi connectivity index (χ0) is 19.7. The molecule has 0 saturated carbocycles. The number of hydrogen-bond acceptors (Lipinski definition) is 5. The van der Waals surface area contributed by atoms with Gasteiger partial charge in [-0.05, 0) is 25.6 Å². The summed E-state index contributed by atoms with van der Waals surface area (Å²) < 4.78 is 47.1. The van der Waals surface area contributed by atoms with E-state index in [1.54, 1.807) is 12.3 Å². The largest absolute Gasteiger partial charge is 0.460 e. The van der Waals surface area contributed by atoms with E-state index < -0.39 is 24.0 Å². The minimum Gasteiger partial charge on any atom is -0.460 e. The zero-order valence-electron chi connectivity index (χ0n) is 14.8. The summed E-state index contributed by atoms with van der Waals surface area (Å²) in [6, 6.07) is 3.60. The molecule has 0 saturated heterocycles. The maximum atomic E-state index is 13.5. The number of nitrogens with zero attached hydrogens (tertiary/aromatic N) is 3. The number of furan rings is 1. The summed E-state index contributed by atoms with van der Waals surface area (Å²) >= 11 is 0. The average Bonchev–Trinajstić information content (AvgIpc) is 3.31. The van der Waals surface area contributed by atoms with Crippen molar-refractivity contribution < 1.29 is 22.7 Å². The number of aryl methyl sites for hydroxylation is 2. The van der Waals surface area contributed by atoms with Crippen molar-refractivity contribution >= 4 is 0 Å². The molecule has 0 aliphatic heterocycles. The van der Waals surface area contributed by atoms with E-state index in [0.717, 1.165) is 11.3 Å². The van der Waals surface area contributed by atoms with Gasteiger partial charge < -0.3 is 19.4 Å². The average molecular weight is 383 g/mol. The van der Waals surface area contributed by atoms with Crippen LogP contribution in [0.3, 0.4) is 0 Å². The third-order valence-electron chi connectivity index (χ3n) is 4.34. The summed E-state index contributed by atoms with van der Waals surface area (Å²) in [6.45, 7) is 2.00. The van der Waals surface area contributed by atoms with Gasteiger partial charge in [-0.3, -0.25) is 5.10 Å². The number of aromatic amines is 1. The molecule has 3 aromatic rings. The van der Waals surface area contributed by atoms with Gasteiger partial charge >= 0.3 is 6.18 Å². The van der Waals surface area contributed by atoms with Crippen LogP contribution < -0.4 is 5.32 Å². The van der Waals surface area contributed by atoms with Crippen molar-refractivity contribution in [1.29, 1.82) is 0 Å². The third kappa shape index (κ3) is 3.76. The number of hydrogen-bond donors (Lipinski definition) is 3. The molecule has 3 rings (SSSR count). The van der Waals surface area contributed by atoms with Gasteiger partial charge in [0.1, 0.15) is 17.3 Å². The molecule has 3 heterocycles. The molecule has 1 atom stereocenters. The van der Waals surface area contributed by atoms with Crippen molar-refractivity contribution in [3.05, 3.63) is 47.9 Å². The van der Waals surface area contributed by atoms with E-state index in [2.05, 4.69) is 20.5 Å². The van der Waals surface area contributed by atoms with Crippen molar-refractivity contribution in [2.45, 2.75) is 31.7 Å². The number of nitrogens with one attached hydrogen (secondary N) is 2. The van der Waals surface area contributed by atoms with Gasteiger partial charge in [-0.2, -0.15) is 18.3 Å². The molecule has 0 aliphatic rings. The fourth-order valence-electron chi connectivity index (χ4n) is 2.86. The molecule has 0 fully saturated rings. The SMILES string of the molecule is Cc1ccc(-c2[nH]ncc2CNCCC(O)(c2nccn2C)C(F)(F)F)o1. The highest BCUT2D eigenvalue weighted by Crippen LogP contribution is 2.40. The van der Waals surface area contributed by atoms with Crippen LogP contribution in [0.15, 0.2) is 35.1 Å². The minimum absolute atomic E-state index is 0.0787. The Hall–Kier alpha value is -2.59. The number of rotatable bonds is 7. The van der Waals surface area contributed by atoms with Crippen LogP contribution in [0.4, 0.5) is 13.2 Å². The van der Waals surface area contributed by atoms with E-state index in [9.17, 15) is 18.3 Å². The van der Waals surface area contributed by atoms with Crippen LogP contribution in [0.2, 0.25) is 0 Å². The summed E-state index contributed by atoms with van der Waals surface area (Å²) in [7, 11) is 1.41. The van der Waals surface area contributed by atoms with E-state index in [1.807, 2.05) is 13.0 Å². The number of H-pyrrole nitrogens is 1. The number of aliphatic hydroxyl groups is 1. The van der Waals surface area contributed by atoms with E-state index >= 15 is 0 Å². The highest BCUT2D eigenvalue weighted by molar-refractivity contribution is 5.56. The first kappa shape index (κ1) is 19.2.